The number of carbonyl (C=O) groups excluding carboxylic acids is 1. The molecule has 0 fully saturated rings. The Bertz CT molecular complexity index is 1340. The maximum absolute atomic E-state index is 12.9. The molecule has 0 saturated carbocycles. The molecule has 0 aliphatic rings. The zero-order chi connectivity index (χ0) is 24.4. The average molecular weight is 479 g/mol. The number of hydrogen-bond acceptors (Lipinski definition) is 5. The molecule has 2 N–H and O–H groups in total. The lowest BCUT2D eigenvalue weighted by Crippen LogP contribution is -2.16. The summed E-state index contributed by atoms with van der Waals surface area (Å²) in [7, 11) is -4.30. The van der Waals surface area contributed by atoms with Gasteiger partial charge in [-0.3, -0.25) is 19.6 Å². The number of sulfonamides is 1. The van der Waals surface area contributed by atoms with Crippen molar-refractivity contribution in [2.75, 3.05) is 10.0 Å². The van der Waals surface area contributed by atoms with Gasteiger partial charge in [-0.1, -0.05) is 24.3 Å². The van der Waals surface area contributed by atoms with Gasteiger partial charge in [-0.15, -0.1) is 0 Å². The van der Waals surface area contributed by atoms with Crippen molar-refractivity contribution in [2.24, 2.45) is 0 Å². The van der Waals surface area contributed by atoms with Crippen LogP contribution in [0.1, 0.15) is 21.5 Å². The molecule has 0 aliphatic heterocycles. The Morgan fingerprint density at radius 1 is 0.970 bits per heavy atom. The molecule has 0 saturated heterocycles. The number of aryl methyl sites for hydroxylation is 1. The Labute approximate surface area is 186 Å². The highest BCUT2D eigenvalue weighted by atomic mass is 32.2. The van der Waals surface area contributed by atoms with E-state index in [4.69, 9.17) is 0 Å². The first kappa shape index (κ1) is 23.7. The van der Waals surface area contributed by atoms with E-state index in [1.807, 2.05) is 0 Å². The summed E-state index contributed by atoms with van der Waals surface area (Å²) in [5, 5.41) is 13.7. The number of nitrogens with zero attached hydrogens (tertiary/aromatic N) is 1. The van der Waals surface area contributed by atoms with Crippen LogP contribution in [0, 0.1) is 17.0 Å². The minimum atomic E-state index is -4.65. The predicted molar refractivity (Wildman–Crippen MR) is 114 cm³/mol. The molecule has 1 amide bonds. The van der Waals surface area contributed by atoms with Crippen molar-refractivity contribution in [1.82, 2.24) is 0 Å². The summed E-state index contributed by atoms with van der Waals surface area (Å²) in [5.41, 5.74) is -1.63. The lowest BCUT2D eigenvalue weighted by Gasteiger charge is -2.12. The van der Waals surface area contributed by atoms with Crippen LogP contribution in [0.25, 0.3) is 0 Å². The molecule has 0 heterocycles. The van der Waals surface area contributed by atoms with Gasteiger partial charge >= 0.3 is 6.18 Å². The first-order valence-electron chi connectivity index (χ1n) is 9.24. The van der Waals surface area contributed by atoms with E-state index in [1.165, 1.54) is 43.3 Å². The maximum atomic E-state index is 12.9. The number of amides is 1. The molecule has 172 valence electrons. The zero-order valence-corrected chi connectivity index (χ0v) is 17.7. The Balaban J connectivity index is 1.86. The average Bonchev–Trinajstić information content (AvgIpc) is 2.72. The lowest BCUT2D eigenvalue weighted by molar-refractivity contribution is -0.385. The van der Waals surface area contributed by atoms with Crippen molar-refractivity contribution in [3.05, 3.63) is 93.5 Å². The van der Waals surface area contributed by atoms with E-state index in [2.05, 4.69) is 10.0 Å². The minimum absolute atomic E-state index is 0.0164. The van der Waals surface area contributed by atoms with Crippen LogP contribution in [-0.4, -0.2) is 19.2 Å². The van der Waals surface area contributed by atoms with E-state index in [1.54, 1.807) is 0 Å². The molecule has 12 heteroatoms. The Kier molecular flexibility index (Phi) is 6.40. The highest BCUT2D eigenvalue weighted by molar-refractivity contribution is 7.92. The van der Waals surface area contributed by atoms with E-state index >= 15 is 0 Å². The highest BCUT2D eigenvalue weighted by Gasteiger charge is 2.31. The normalized spacial score (nSPS) is 11.6. The van der Waals surface area contributed by atoms with E-state index in [9.17, 15) is 36.5 Å². The first-order chi connectivity index (χ1) is 15.4. The van der Waals surface area contributed by atoms with Crippen LogP contribution in [0.3, 0.4) is 0 Å². The number of benzene rings is 3. The molecule has 0 aliphatic carbocycles. The summed E-state index contributed by atoms with van der Waals surface area (Å²) >= 11 is 0. The molecule has 0 atom stereocenters. The Morgan fingerprint density at radius 2 is 1.61 bits per heavy atom. The summed E-state index contributed by atoms with van der Waals surface area (Å²) in [5.74, 6) is -0.828. The molecular weight excluding hydrogens is 463 g/mol. The number of anilines is 2. The highest BCUT2D eigenvalue weighted by Crippen LogP contribution is 2.31. The molecule has 3 aromatic rings. The van der Waals surface area contributed by atoms with Gasteiger partial charge in [-0.25, -0.2) is 8.42 Å². The molecule has 0 spiro atoms. The summed E-state index contributed by atoms with van der Waals surface area (Å²) in [6, 6.07) is 12.8. The first-order valence-corrected chi connectivity index (χ1v) is 10.7. The fourth-order valence-corrected chi connectivity index (χ4v) is 4.09. The van der Waals surface area contributed by atoms with Gasteiger partial charge in [-0.2, -0.15) is 13.2 Å². The van der Waals surface area contributed by atoms with Crippen molar-refractivity contribution in [3.8, 4) is 0 Å². The number of nitrogens with one attached hydrogen (secondary N) is 2. The smallest absolute Gasteiger partial charge is 0.322 e. The SMILES string of the molecule is Cc1cccc(C(=O)Nc2cccc(S(=O)(=O)Nc3cccc(C(F)(F)F)c3)c2)c1[N+](=O)[O-]. The van der Waals surface area contributed by atoms with Gasteiger partial charge in [0.1, 0.15) is 5.56 Å². The predicted octanol–water partition coefficient (Wildman–Crippen LogP) is 4.98. The molecule has 0 unspecified atom stereocenters. The van der Waals surface area contributed by atoms with Gasteiger partial charge in [0.25, 0.3) is 21.6 Å². The van der Waals surface area contributed by atoms with Crippen LogP contribution in [0.4, 0.5) is 30.2 Å². The Hall–Kier alpha value is -3.93. The molecule has 0 aromatic heterocycles. The fraction of sp³-hybridized carbons (Fsp3) is 0.0952. The topological polar surface area (TPSA) is 118 Å². The molecule has 33 heavy (non-hydrogen) atoms. The van der Waals surface area contributed by atoms with Crippen LogP contribution < -0.4 is 10.0 Å². The number of nitro benzene ring substituents is 1. The third kappa shape index (κ3) is 5.47. The minimum Gasteiger partial charge on any atom is -0.322 e. The van der Waals surface area contributed by atoms with Crippen LogP contribution >= 0.6 is 0 Å². The summed E-state index contributed by atoms with van der Waals surface area (Å²) in [6.07, 6.45) is -4.65. The van der Waals surface area contributed by atoms with Crippen molar-refractivity contribution in [1.29, 1.82) is 0 Å². The molecule has 8 nitrogen and oxygen atoms in total. The summed E-state index contributed by atoms with van der Waals surface area (Å²) < 4.78 is 66.0. The molecule has 3 rings (SSSR count). The second-order valence-corrected chi connectivity index (χ2v) is 8.58. The number of carbonyl (C=O) groups is 1. The quantitative estimate of drug-likeness (QED) is 0.382. The van der Waals surface area contributed by atoms with Crippen molar-refractivity contribution in [3.63, 3.8) is 0 Å². The van der Waals surface area contributed by atoms with Gasteiger partial charge in [0.15, 0.2) is 0 Å². The summed E-state index contributed by atoms with van der Waals surface area (Å²) in [6.45, 7) is 1.47. The summed E-state index contributed by atoms with van der Waals surface area (Å²) in [4.78, 5) is 22.9. The van der Waals surface area contributed by atoms with Gasteiger partial charge < -0.3 is 5.32 Å². The molecular formula is C21H16F3N3O5S. The monoisotopic (exact) mass is 479 g/mol. The van der Waals surface area contributed by atoms with E-state index in [0.29, 0.717) is 6.07 Å². The van der Waals surface area contributed by atoms with Crippen LogP contribution in [0.15, 0.2) is 71.6 Å². The van der Waals surface area contributed by atoms with Crippen LogP contribution in [-0.2, 0) is 16.2 Å². The number of rotatable bonds is 6. The molecule has 0 radical (unpaired) electrons. The number of hydrogen-bond donors (Lipinski definition) is 2. The van der Waals surface area contributed by atoms with E-state index in [-0.39, 0.29) is 33.1 Å². The lowest BCUT2D eigenvalue weighted by atomic mass is 10.1. The largest absolute Gasteiger partial charge is 0.416 e. The van der Waals surface area contributed by atoms with Crippen molar-refractivity contribution in [2.45, 2.75) is 18.0 Å². The van der Waals surface area contributed by atoms with E-state index in [0.717, 1.165) is 24.3 Å². The maximum Gasteiger partial charge on any atom is 0.416 e. The van der Waals surface area contributed by atoms with Crippen molar-refractivity contribution < 1.29 is 31.3 Å². The van der Waals surface area contributed by atoms with Crippen molar-refractivity contribution >= 4 is 33.0 Å². The zero-order valence-electron chi connectivity index (χ0n) is 16.9. The number of para-hydroxylation sites is 1. The third-order valence-corrected chi connectivity index (χ3v) is 5.89. The Morgan fingerprint density at radius 3 is 2.27 bits per heavy atom. The van der Waals surface area contributed by atoms with E-state index < -0.39 is 32.6 Å². The van der Waals surface area contributed by atoms with Gasteiger partial charge in [-0.05, 0) is 49.4 Å². The molecule has 0 bridgehead atoms. The second kappa shape index (κ2) is 8.90. The number of halogens is 3. The number of nitro groups is 1. The third-order valence-electron chi connectivity index (χ3n) is 4.51. The van der Waals surface area contributed by atoms with Gasteiger partial charge in [0.2, 0.25) is 0 Å². The molecule has 3 aromatic carbocycles. The standard InChI is InChI=1S/C21H16F3N3O5S/c1-13-5-2-10-18(19(13)27(29)30)20(28)25-15-7-4-9-17(12-15)33(31,32)26-16-8-3-6-14(11-16)21(22,23)24/h2-12,26H,1H3,(H,25,28). The van der Waals surface area contributed by atoms with Crippen LogP contribution in [0.2, 0.25) is 0 Å². The van der Waals surface area contributed by atoms with Crippen LogP contribution in [0.5, 0.6) is 0 Å². The fourth-order valence-electron chi connectivity index (χ4n) is 3.00. The van der Waals surface area contributed by atoms with Gasteiger partial charge in [0.05, 0.1) is 15.4 Å². The second-order valence-electron chi connectivity index (χ2n) is 6.89. The van der Waals surface area contributed by atoms with Gasteiger partial charge in [0, 0.05) is 16.9 Å². The number of alkyl halides is 3.